The first-order valence-corrected chi connectivity index (χ1v) is 8.27. The largest absolute Gasteiger partial charge is 0.0654 e. The highest BCUT2D eigenvalue weighted by atomic mass is 14.2. The molecule has 0 aromatic rings. The van der Waals surface area contributed by atoms with Crippen molar-refractivity contribution in [3.63, 3.8) is 0 Å². The number of hydrogen-bond acceptors (Lipinski definition) is 0. The van der Waals surface area contributed by atoms with Gasteiger partial charge in [0.05, 0.1) is 0 Å². The van der Waals surface area contributed by atoms with Crippen LogP contribution in [0.2, 0.25) is 0 Å². The molecule has 0 heteroatoms. The molecule has 17 heavy (non-hydrogen) atoms. The zero-order valence-electron chi connectivity index (χ0n) is 12.1. The van der Waals surface area contributed by atoms with E-state index in [1.807, 2.05) is 5.92 Å². The standard InChI is InChI=1S/C17H33/c1-2-3-4-5-6-7-8-9-10-11-14-17-15-12-13-16-17/h2-16H2,1H3. The predicted octanol–water partition coefficient (Wildman–Crippen LogP) is 6.45. The second-order valence-corrected chi connectivity index (χ2v) is 5.89. The summed E-state index contributed by atoms with van der Waals surface area (Å²) in [6, 6.07) is 0. The highest BCUT2D eigenvalue weighted by Gasteiger charge is 2.14. The minimum Gasteiger partial charge on any atom is -0.0654 e. The average molecular weight is 237 g/mol. The Balaban J connectivity index is 1.69. The highest BCUT2D eigenvalue weighted by molar-refractivity contribution is 4.93. The molecular formula is C17H33. The van der Waals surface area contributed by atoms with Crippen LogP contribution < -0.4 is 0 Å². The van der Waals surface area contributed by atoms with Gasteiger partial charge in [-0.15, -0.1) is 0 Å². The molecule has 1 aliphatic carbocycles. The fourth-order valence-electron chi connectivity index (χ4n) is 2.99. The fourth-order valence-corrected chi connectivity index (χ4v) is 2.99. The van der Waals surface area contributed by atoms with Gasteiger partial charge in [-0.25, -0.2) is 0 Å². The maximum absolute atomic E-state index is 2.29. The van der Waals surface area contributed by atoms with Crippen LogP contribution in [0, 0.1) is 5.92 Å². The molecule has 0 N–H and O–H groups in total. The van der Waals surface area contributed by atoms with Gasteiger partial charge in [0.25, 0.3) is 0 Å². The molecule has 1 saturated carbocycles. The molecule has 0 saturated heterocycles. The van der Waals surface area contributed by atoms with Crippen LogP contribution in [-0.2, 0) is 0 Å². The SMILES string of the molecule is CCCCCCCCCCCC[C]1CCCC1. The maximum Gasteiger partial charge on any atom is -0.0241 e. The molecular weight excluding hydrogens is 204 g/mol. The Kier molecular flexibility index (Phi) is 9.84. The van der Waals surface area contributed by atoms with Crippen molar-refractivity contribution in [2.75, 3.05) is 0 Å². The summed E-state index contributed by atoms with van der Waals surface area (Å²) in [4.78, 5) is 0. The van der Waals surface area contributed by atoms with Gasteiger partial charge >= 0.3 is 0 Å². The topological polar surface area (TPSA) is 0 Å². The van der Waals surface area contributed by atoms with E-state index in [4.69, 9.17) is 0 Å². The van der Waals surface area contributed by atoms with Crippen molar-refractivity contribution in [3.8, 4) is 0 Å². The van der Waals surface area contributed by atoms with Gasteiger partial charge in [0.1, 0.15) is 0 Å². The van der Waals surface area contributed by atoms with E-state index in [1.165, 1.54) is 96.3 Å². The molecule has 0 aromatic heterocycles. The van der Waals surface area contributed by atoms with Crippen molar-refractivity contribution in [2.45, 2.75) is 103 Å². The van der Waals surface area contributed by atoms with Crippen LogP contribution in [0.15, 0.2) is 0 Å². The smallest absolute Gasteiger partial charge is 0.0241 e. The molecule has 101 valence electrons. The predicted molar refractivity (Wildman–Crippen MR) is 78.2 cm³/mol. The van der Waals surface area contributed by atoms with Gasteiger partial charge in [-0.3, -0.25) is 0 Å². The summed E-state index contributed by atoms with van der Waals surface area (Å²) in [6.07, 6.45) is 22.0. The Hall–Kier alpha value is 0. The minimum atomic E-state index is 1.37. The first-order valence-electron chi connectivity index (χ1n) is 8.27. The Labute approximate surface area is 110 Å². The van der Waals surface area contributed by atoms with Gasteiger partial charge in [0.15, 0.2) is 0 Å². The first kappa shape index (κ1) is 15.1. The normalized spacial score (nSPS) is 16.8. The van der Waals surface area contributed by atoms with Gasteiger partial charge in [-0.2, -0.15) is 0 Å². The Morgan fingerprint density at radius 2 is 1.12 bits per heavy atom. The molecule has 1 rings (SSSR count). The third kappa shape index (κ3) is 8.69. The minimum absolute atomic E-state index is 1.37. The van der Waals surface area contributed by atoms with Crippen molar-refractivity contribution >= 4 is 0 Å². The monoisotopic (exact) mass is 237 g/mol. The molecule has 0 spiro atoms. The van der Waals surface area contributed by atoms with Crippen LogP contribution in [0.1, 0.15) is 103 Å². The molecule has 1 fully saturated rings. The second kappa shape index (κ2) is 11.1. The molecule has 0 bridgehead atoms. The van der Waals surface area contributed by atoms with Gasteiger partial charge in [0, 0.05) is 0 Å². The lowest BCUT2D eigenvalue weighted by molar-refractivity contribution is 0.548. The van der Waals surface area contributed by atoms with Crippen LogP contribution in [-0.4, -0.2) is 0 Å². The molecule has 0 atom stereocenters. The first-order chi connectivity index (χ1) is 8.43. The van der Waals surface area contributed by atoms with Gasteiger partial charge in [-0.1, -0.05) is 84.0 Å². The van der Waals surface area contributed by atoms with Crippen LogP contribution >= 0.6 is 0 Å². The summed E-state index contributed by atoms with van der Waals surface area (Å²) in [6.45, 7) is 2.29. The molecule has 0 aromatic carbocycles. The Bertz CT molecular complexity index is 144. The van der Waals surface area contributed by atoms with Crippen molar-refractivity contribution in [3.05, 3.63) is 5.92 Å². The maximum atomic E-state index is 2.29. The van der Waals surface area contributed by atoms with Crippen molar-refractivity contribution in [1.82, 2.24) is 0 Å². The van der Waals surface area contributed by atoms with E-state index >= 15 is 0 Å². The molecule has 1 aliphatic rings. The van der Waals surface area contributed by atoms with E-state index in [1.54, 1.807) is 0 Å². The lowest BCUT2D eigenvalue weighted by Gasteiger charge is -2.07. The van der Waals surface area contributed by atoms with Gasteiger partial charge in [0.2, 0.25) is 0 Å². The molecule has 0 aliphatic heterocycles. The molecule has 0 unspecified atom stereocenters. The van der Waals surface area contributed by atoms with Crippen LogP contribution in [0.3, 0.4) is 0 Å². The van der Waals surface area contributed by atoms with E-state index < -0.39 is 0 Å². The summed E-state index contributed by atoms with van der Waals surface area (Å²) >= 11 is 0. The Morgan fingerprint density at radius 3 is 1.65 bits per heavy atom. The number of hydrogen-bond donors (Lipinski definition) is 0. The number of rotatable bonds is 11. The number of unbranched alkanes of at least 4 members (excludes halogenated alkanes) is 9. The highest BCUT2D eigenvalue weighted by Crippen LogP contribution is 2.31. The van der Waals surface area contributed by atoms with Crippen molar-refractivity contribution in [1.29, 1.82) is 0 Å². The third-order valence-corrected chi connectivity index (χ3v) is 4.19. The van der Waals surface area contributed by atoms with Crippen molar-refractivity contribution in [2.24, 2.45) is 0 Å². The van der Waals surface area contributed by atoms with Crippen LogP contribution in [0.5, 0.6) is 0 Å². The summed E-state index contributed by atoms with van der Waals surface area (Å²) in [5.74, 6) is 1.88. The second-order valence-electron chi connectivity index (χ2n) is 5.89. The van der Waals surface area contributed by atoms with E-state index in [0.717, 1.165) is 0 Å². The van der Waals surface area contributed by atoms with Crippen molar-refractivity contribution < 1.29 is 0 Å². The molecule has 0 nitrogen and oxygen atoms in total. The van der Waals surface area contributed by atoms with E-state index in [2.05, 4.69) is 6.92 Å². The summed E-state index contributed by atoms with van der Waals surface area (Å²) < 4.78 is 0. The van der Waals surface area contributed by atoms with E-state index in [9.17, 15) is 0 Å². The fraction of sp³-hybridized carbons (Fsp3) is 0.941. The molecule has 1 radical (unpaired) electrons. The van der Waals surface area contributed by atoms with Crippen LogP contribution in [0.4, 0.5) is 0 Å². The summed E-state index contributed by atoms with van der Waals surface area (Å²) in [5.41, 5.74) is 0. The molecule has 0 amide bonds. The lowest BCUT2D eigenvalue weighted by Crippen LogP contribution is -1.90. The summed E-state index contributed by atoms with van der Waals surface area (Å²) in [7, 11) is 0. The average Bonchev–Trinajstić information content (AvgIpc) is 2.85. The summed E-state index contributed by atoms with van der Waals surface area (Å²) in [5, 5.41) is 0. The zero-order chi connectivity index (χ0) is 12.2. The lowest BCUT2D eigenvalue weighted by atomic mass is 9.99. The van der Waals surface area contributed by atoms with E-state index in [0.29, 0.717) is 0 Å². The zero-order valence-corrected chi connectivity index (χ0v) is 12.1. The van der Waals surface area contributed by atoms with Crippen LogP contribution in [0.25, 0.3) is 0 Å². The van der Waals surface area contributed by atoms with E-state index in [-0.39, 0.29) is 0 Å². The quantitative estimate of drug-likeness (QED) is 0.362. The van der Waals surface area contributed by atoms with Gasteiger partial charge < -0.3 is 0 Å². The Morgan fingerprint density at radius 1 is 0.647 bits per heavy atom. The third-order valence-electron chi connectivity index (χ3n) is 4.19. The van der Waals surface area contributed by atoms with Gasteiger partial charge in [-0.05, 0) is 25.2 Å². The molecule has 0 heterocycles.